The standard InChI is InChI=1S/C37H30N4Si2/c1-43(42)36(28-18-20-32(40-24-28)30-16-8-10-22-38-30)34(26-12-4-2-5-13-26)35(27-14-6-3-7-15-27)37(43)29-19-21-33(41-25-29)31-17-9-11-23-39-31/h2-25H,1,42H3. The molecule has 5 heterocycles. The molecule has 1 aliphatic heterocycles. The van der Waals surface area contributed by atoms with Gasteiger partial charge in [-0.2, -0.15) is 0 Å². The maximum atomic E-state index is 4.93. The Hall–Kier alpha value is -5.05. The number of benzene rings is 2. The van der Waals surface area contributed by atoms with Crippen molar-refractivity contribution in [3.05, 3.63) is 168 Å². The van der Waals surface area contributed by atoms with Crippen molar-refractivity contribution in [3.63, 3.8) is 0 Å². The van der Waals surface area contributed by atoms with Crippen LogP contribution in [0.1, 0.15) is 22.3 Å². The minimum atomic E-state index is -2.18. The summed E-state index contributed by atoms with van der Waals surface area (Å²) in [6.07, 6.45) is 7.74. The summed E-state index contributed by atoms with van der Waals surface area (Å²) in [5, 5.41) is 2.88. The Labute approximate surface area is 255 Å². The first-order chi connectivity index (χ1) is 21.1. The number of hydrogen-bond donors (Lipinski definition) is 0. The predicted molar refractivity (Wildman–Crippen MR) is 183 cm³/mol. The lowest BCUT2D eigenvalue weighted by Gasteiger charge is -2.26. The van der Waals surface area contributed by atoms with Crippen molar-refractivity contribution in [2.24, 2.45) is 0 Å². The second-order valence-corrected chi connectivity index (χ2v) is 21.4. The Kier molecular flexibility index (Phi) is 7.06. The molecule has 0 atom stereocenters. The van der Waals surface area contributed by atoms with Gasteiger partial charge in [0.05, 0.1) is 22.8 Å². The SMILES string of the molecule is C[Si]1([SiH3])C(c2ccc(-c3ccccn3)nc2)=C(c2ccccc2)C(c2ccccc2)=C1c1ccc(-c2ccccn2)nc1. The van der Waals surface area contributed by atoms with Gasteiger partial charge in [-0.15, -0.1) is 0 Å². The molecule has 2 aromatic carbocycles. The van der Waals surface area contributed by atoms with Gasteiger partial charge in [0.2, 0.25) is 0 Å². The average molecular weight is 587 g/mol. The van der Waals surface area contributed by atoms with E-state index in [2.05, 4.69) is 114 Å². The largest absolute Gasteiger partial charge is 0.255 e. The zero-order valence-electron chi connectivity index (χ0n) is 24.1. The van der Waals surface area contributed by atoms with Crippen LogP contribution in [0.4, 0.5) is 0 Å². The van der Waals surface area contributed by atoms with Crippen molar-refractivity contribution in [2.75, 3.05) is 0 Å². The molecule has 0 bridgehead atoms. The molecular formula is C37H30N4Si2. The van der Waals surface area contributed by atoms with E-state index < -0.39 is 7.59 Å². The van der Waals surface area contributed by atoms with E-state index in [1.165, 1.54) is 43.8 Å². The average Bonchev–Trinajstić information content (AvgIpc) is 3.33. The molecule has 0 unspecified atom stereocenters. The van der Waals surface area contributed by atoms with Gasteiger partial charge in [-0.1, -0.05) is 91.5 Å². The Morgan fingerprint density at radius 1 is 0.419 bits per heavy atom. The second kappa shape index (κ2) is 11.3. The van der Waals surface area contributed by atoms with Crippen LogP contribution in [0.3, 0.4) is 0 Å². The highest BCUT2D eigenvalue weighted by Crippen LogP contribution is 2.54. The van der Waals surface area contributed by atoms with Gasteiger partial charge in [-0.25, -0.2) is 0 Å². The zero-order chi connectivity index (χ0) is 29.2. The first-order valence-electron chi connectivity index (χ1n) is 14.5. The van der Waals surface area contributed by atoms with Gasteiger partial charge in [-0.3, -0.25) is 19.9 Å². The topological polar surface area (TPSA) is 51.6 Å². The molecule has 43 heavy (non-hydrogen) atoms. The number of allylic oxidation sites excluding steroid dienone is 2. The van der Waals surface area contributed by atoms with Gasteiger partial charge in [0.1, 0.15) is 7.59 Å². The molecule has 0 spiro atoms. The molecule has 206 valence electrons. The van der Waals surface area contributed by atoms with E-state index in [9.17, 15) is 0 Å². The third kappa shape index (κ3) is 5.01. The zero-order valence-corrected chi connectivity index (χ0v) is 27.1. The molecule has 7 rings (SSSR count). The summed E-state index contributed by atoms with van der Waals surface area (Å²) in [4.78, 5) is 18.9. The normalized spacial score (nSPS) is 14.3. The van der Waals surface area contributed by atoms with E-state index in [4.69, 9.17) is 9.97 Å². The molecule has 0 N–H and O–H groups in total. The van der Waals surface area contributed by atoms with Gasteiger partial charge in [0.25, 0.3) is 0 Å². The van der Waals surface area contributed by atoms with Crippen LogP contribution >= 0.6 is 0 Å². The maximum Gasteiger partial charge on any atom is 0.100 e. The molecule has 0 saturated heterocycles. The van der Waals surface area contributed by atoms with Crippen molar-refractivity contribution in [3.8, 4) is 22.8 Å². The van der Waals surface area contributed by atoms with Crippen LogP contribution in [0.15, 0.2) is 146 Å². The summed E-state index contributed by atoms with van der Waals surface area (Å²) in [6, 6.07) is 42.3. The predicted octanol–water partition coefficient (Wildman–Crippen LogP) is 7.16. The molecule has 0 amide bonds. The Bertz CT molecular complexity index is 1790. The van der Waals surface area contributed by atoms with Crippen LogP contribution < -0.4 is 0 Å². The highest BCUT2D eigenvalue weighted by atomic mass is 29.2. The van der Waals surface area contributed by atoms with Crippen molar-refractivity contribution >= 4 is 38.9 Å². The van der Waals surface area contributed by atoms with E-state index in [1.807, 2.05) is 48.8 Å². The minimum absolute atomic E-state index is 0.881. The molecule has 4 nitrogen and oxygen atoms in total. The number of hydrogen-bond acceptors (Lipinski definition) is 4. The molecule has 0 radical (unpaired) electrons. The second-order valence-electron chi connectivity index (χ2n) is 11.2. The van der Waals surface area contributed by atoms with Crippen LogP contribution in [-0.4, -0.2) is 37.3 Å². The third-order valence-electron chi connectivity index (χ3n) is 8.08. The van der Waals surface area contributed by atoms with Crippen molar-refractivity contribution < 1.29 is 0 Å². The highest BCUT2D eigenvalue weighted by Gasteiger charge is 2.43. The van der Waals surface area contributed by atoms with Crippen molar-refractivity contribution in [1.82, 2.24) is 19.9 Å². The molecule has 6 heteroatoms. The summed E-state index contributed by atoms with van der Waals surface area (Å²) >= 11 is 0. The van der Waals surface area contributed by atoms with E-state index in [0.29, 0.717) is 0 Å². The Balaban J connectivity index is 1.45. The van der Waals surface area contributed by atoms with Gasteiger partial charge < -0.3 is 0 Å². The first-order valence-corrected chi connectivity index (χ1v) is 20.5. The summed E-state index contributed by atoms with van der Waals surface area (Å²) in [5.41, 5.74) is 11.0. The molecule has 4 aromatic heterocycles. The number of aromatic nitrogens is 4. The first kappa shape index (κ1) is 26.8. The van der Waals surface area contributed by atoms with Crippen LogP contribution in [-0.2, 0) is 0 Å². The summed E-state index contributed by atoms with van der Waals surface area (Å²) in [7, 11) is -1.16. The summed E-state index contributed by atoms with van der Waals surface area (Å²) in [6.45, 7) is 2.52. The quantitative estimate of drug-likeness (QED) is 0.195. The van der Waals surface area contributed by atoms with Gasteiger partial charge in [-0.05, 0) is 80.2 Å². The Morgan fingerprint density at radius 3 is 1.16 bits per heavy atom. The third-order valence-corrected chi connectivity index (χ3v) is 14.7. The summed E-state index contributed by atoms with van der Waals surface area (Å²) in [5.74, 6) is 0. The fourth-order valence-electron chi connectivity index (χ4n) is 6.21. The van der Waals surface area contributed by atoms with Crippen LogP contribution in [0, 0.1) is 0 Å². The smallest absolute Gasteiger partial charge is 0.100 e. The lowest BCUT2D eigenvalue weighted by atomic mass is 9.89. The molecule has 1 aliphatic rings. The highest BCUT2D eigenvalue weighted by molar-refractivity contribution is 7.38. The van der Waals surface area contributed by atoms with Crippen LogP contribution in [0.5, 0.6) is 0 Å². The lowest BCUT2D eigenvalue weighted by Crippen LogP contribution is -2.34. The lowest BCUT2D eigenvalue weighted by molar-refractivity contribution is 1.24. The van der Waals surface area contributed by atoms with Crippen molar-refractivity contribution in [2.45, 2.75) is 6.55 Å². The fraction of sp³-hybridized carbons (Fsp3) is 0.0270. The fourth-order valence-corrected chi connectivity index (χ4v) is 13.2. The molecular weight excluding hydrogens is 557 g/mol. The van der Waals surface area contributed by atoms with E-state index in [1.54, 1.807) is 0 Å². The molecule has 0 aliphatic carbocycles. The van der Waals surface area contributed by atoms with Crippen LogP contribution in [0.25, 0.3) is 44.3 Å². The van der Waals surface area contributed by atoms with E-state index in [0.717, 1.165) is 32.5 Å². The minimum Gasteiger partial charge on any atom is -0.255 e. The van der Waals surface area contributed by atoms with Gasteiger partial charge in [0.15, 0.2) is 0 Å². The monoisotopic (exact) mass is 586 g/mol. The maximum absolute atomic E-state index is 4.93. The van der Waals surface area contributed by atoms with E-state index >= 15 is 0 Å². The molecule has 6 aromatic rings. The van der Waals surface area contributed by atoms with E-state index in [-0.39, 0.29) is 0 Å². The van der Waals surface area contributed by atoms with Crippen molar-refractivity contribution in [1.29, 1.82) is 0 Å². The van der Waals surface area contributed by atoms with Crippen LogP contribution in [0.2, 0.25) is 6.55 Å². The van der Waals surface area contributed by atoms with Gasteiger partial charge in [0, 0.05) is 34.5 Å². The number of pyridine rings is 4. The number of rotatable bonds is 6. The number of nitrogens with zero attached hydrogens (tertiary/aromatic N) is 4. The summed E-state index contributed by atoms with van der Waals surface area (Å²) < 4.78 is 0. The van der Waals surface area contributed by atoms with Gasteiger partial charge >= 0.3 is 0 Å². The Morgan fingerprint density at radius 2 is 0.814 bits per heavy atom. The molecule has 0 saturated carbocycles. The molecule has 0 fully saturated rings.